The molecule has 1 atom stereocenters. The molecule has 1 amide bonds. The molecule has 5 rings (SSSR count). The Kier molecular flexibility index (Phi) is 11.7. The average Bonchev–Trinajstić information content (AvgIpc) is 3.18. The van der Waals surface area contributed by atoms with Gasteiger partial charge in [-0.1, -0.05) is 36.4 Å². The van der Waals surface area contributed by atoms with E-state index in [4.69, 9.17) is 14.2 Å². The van der Waals surface area contributed by atoms with Gasteiger partial charge >= 0.3 is 17.9 Å². The Hall–Kier alpha value is -7.82. The Morgan fingerprint density at radius 3 is 1.50 bits per heavy atom. The highest BCUT2D eigenvalue weighted by molar-refractivity contribution is 5.97. The molecule has 1 N–H and O–H groups in total. The molecule has 5 aromatic carbocycles. The van der Waals surface area contributed by atoms with Crippen molar-refractivity contribution < 1.29 is 48.2 Å². The number of esters is 3. The van der Waals surface area contributed by atoms with Crippen molar-refractivity contribution in [3.63, 3.8) is 0 Å². The van der Waals surface area contributed by atoms with E-state index in [1.54, 1.807) is 30.3 Å². The minimum absolute atomic E-state index is 0.00711. The van der Waals surface area contributed by atoms with Gasteiger partial charge in [-0.05, 0) is 59.7 Å². The van der Waals surface area contributed by atoms with Crippen LogP contribution in [-0.4, -0.2) is 44.6 Å². The van der Waals surface area contributed by atoms with Crippen LogP contribution in [0.15, 0.2) is 121 Å². The van der Waals surface area contributed by atoms with E-state index in [0.29, 0.717) is 5.56 Å². The van der Waals surface area contributed by atoms with E-state index >= 15 is 0 Å². The van der Waals surface area contributed by atoms with Gasteiger partial charge in [0.1, 0.15) is 12.6 Å². The second kappa shape index (κ2) is 16.9. The van der Waals surface area contributed by atoms with Gasteiger partial charge in [-0.3, -0.25) is 35.1 Å². The van der Waals surface area contributed by atoms with Gasteiger partial charge in [-0.15, -0.1) is 0 Å². The number of nitrogens with one attached hydrogen (secondary N) is 1. The molecule has 0 heterocycles. The molecule has 0 saturated carbocycles. The molecule has 0 aromatic heterocycles. The smallest absolute Gasteiger partial charge is 0.343 e. The maximum atomic E-state index is 13.4. The number of hydrogen-bond acceptors (Lipinski definition) is 13. The lowest BCUT2D eigenvalue weighted by Crippen LogP contribution is -2.43. The monoisotopic (exact) mass is 734 g/mol. The van der Waals surface area contributed by atoms with Crippen LogP contribution in [0.2, 0.25) is 0 Å². The molecule has 0 bridgehead atoms. The zero-order valence-electron chi connectivity index (χ0n) is 27.7. The van der Waals surface area contributed by atoms with Gasteiger partial charge < -0.3 is 19.5 Å². The topological polar surface area (TPSA) is 237 Å². The average molecular weight is 735 g/mol. The maximum absolute atomic E-state index is 13.4. The number of carbonyl (C=O) groups is 4. The molecule has 272 valence electrons. The van der Waals surface area contributed by atoms with Crippen molar-refractivity contribution in [1.29, 1.82) is 0 Å². The summed E-state index contributed by atoms with van der Waals surface area (Å²) in [5.74, 6) is -4.19. The minimum Gasteiger partial charge on any atom is -0.459 e. The highest BCUT2D eigenvalue weighted by atomic mass is 16.6. The molecule has 17 heteroatoms. The molecule has 0 fully saturated rings. The number of rotatable bonds is 14. The van der Waals surface area contributed by atoms with Crippen molar-refractivity contribution in [1.82, 2.24) is 5.32 Å². The first-order valence-electron chi connectivity index (χ1n) is 15.7. The number of carbonyl (C=O) groups excluding carboxylic acids is 4. The molecule has 17 nitrogen and oxygen atoms in total. The van der Waals surface area contributed by atoms with Crippen LogP contribution in [0.4, 0.5) is 17.1 Å². The van der Waals surface area contributed by atoms with E-state index in [2.05, 4.69) is 5.32 Å². The summed E-state index contributed by atoms with van der Waals surface area (Å²) < 4.78 is 16.5. The lowest BCUT2D eigenvalue weighted by molar-refractivity contribution is -0.385. The first-order chi connectivity index (χ1) is 25.9. The zero-order valence-corrected chi connectivity index (χ0v) is 27.7. The molecule has 0 aliphatic heterocycles. The predicted octanol–water partition coefficient (Wildman–Crippen LogP) is 5.93. The van der Waals surface area contributed by atoms with Crippen LogP contribution >= 0.6 is 0 Å². The summed E-state index contributed by atoms with van der Waals surface area (Å²) in [6.07, 6.45) is -0.259. The van der Waals surface area contributed by atoms with Crippen molar-refractivity contribution in [3.8, 4) is 11.5 Å². The van der Waals surface area contributed by atoms with Gasteiger partial charge in [-0.25, -0.2) is 14.4 Å². The number of amides is 1. The third-order valence-electron chi connectivity index (χ3n) is 7.63. The standard InChI is InChI=1S/C37H26N4O13/c42-34(25-7-13-28(14-8-25)39(46)47)38-31(37(45)52-22-23-4-2-1-3-5-23)20-24-6-19-32(53-35(43)26-9-15-29(16-10-26)40(48)49)33(21-24)54-36(44)27-11-17-30(18-12-27)41(50)51/h1-19,21,31H,20,22H2,(H,38,42). The third kappa shape index (κ3) is 9.69. The molecular weight excluding hydrogens is 708 g/mol. The molecule has 1 unspecified atom stereocenters. The lowest BCUT2D eigenvalue weighted by atomic mass is 10.0. The van der Waals surface area contributed by atoms with Crippen LogP contribution in [0.25, 0.3) is 0 Å². The Bertz CT molecular complexity index is 2230. The Labute approximate surface area is 304 Å². The zero-order chi connectivity index (χ0) is 38.8. The summed E-state index contributed by atoms with van der Waals surface area (Å²) in [5, 5.41) is 35.8. The minimum atomic E-state index is -1.36. The normalized spacial score (nSPS) is 11.0. The Morgan fingerprint density at radius 2 is 1.02 bits per heavy atom. The molecule has 0 saturated heterocycles. The number of ether oxygens (including phenoxy) is 3. The molecular formula is C37H26N4O13. The van der Waals surface area contributed by atoms with Crippen LogP contribution < -0.4 is 14.8 Å². The number of non-ortho nitro benzene ring substituents is 3. The fourth-order valence-electron chi connectivity index (χ4n) is 4.83. The lowest BCUT2D eigenvalue weighted by Gasteiger charge is -2.19. The Balaban J connectivity index is 1.44. The first kappa shape index (κ1) is 37.4. The van der Waals surface area contributed by atoms with Gasteiger partial charge in [-0.2, -0.15) is 0 Å². The van der Waals surface area contributed by atoms with Crippen molar-refractivity contribution in [3.05, 3.63) is 179 Å². The third-order valence-corrected chi connectivity index (χ3v) is 7.63. The fraction of sp³-hybridized carbons (Fsp3) is 0.0811. The van der Waals surface area contributed by atoms with E-state index in [-0.39, 0.29) is 63.8 Å². The first-order valence-corrected chi connectivity index (χ1v) is 15.7. The van der Waals surface area contributed by atoms with Crippen LogP contribution in [-0.2, 0) is 22.6 Å². The molecule has 0 aliphatic carbocycles. The van der Waals surface area contributed by atoms with Gasteiger partial charge in [0.15, 0.2) is 11.5 Å². The van der Waals surface area contributed by atoms with Crippen molar-refractivity contribution in [2.24, 2.45) is 0 Å². The van der Waals surface area contributed by atoms with Crippen LogP contribution in [0.5, 0.6) is 11.5 Å². The quantitative estimate of drug-likeness (QED) is 0.0603. The summed E-state index contributed by atoms with van der Waals surface area (Å²) in [7, 11) is 0. The second-order valence-electron chi connectivity index (χ2n) is 11.3. The number of nitrogens with zero attached hydrogens (tertiary/aromatic N) is 3. The molecule has 5 aromatic rings. The largest absolute Gasteiger partial charge is 0.459 e. The van der Waals surface area contributed by atoms with E-state index in [1.165, 1.54) is 30.3 Å². The predicted molar refractivity (Wildman–Crippen MR) is 187 cm³/mol. The number of nitro benzene ring substituents is 3. The van der Waals surface area contributed by atoms with Gasteiger partial charge in [0.05, 0.1) is 25.9 Å². The highest BCUT2D eigenvalue weighted by Crippen LogP contribution is 2.31. The molecule has 0 spiro atoms. The summed E-state index contributed by atoms with van der Waals surface area (Å²) in [4.78, 5) is 84.1. The molecule has 54 heavy (non-hydrogen) atoms. The fourth-order valence-corrected chi connectivity index (χ4v) is 4.83. The maximum Gasteiger partial charge on any atom is 0.343 e. The summed E-state index contributed by atoms with van der Waals surface area (Å²) in [6.45, 7) is -0.140. The van der Waals surface area contributed by atoms with Crippen LogP contribution in [0, 0.1) is 30.3 Å². The molecule has 0 aliphatic rings. The number of hydrogen-bond donors (Lipinski definition) is 1. The second-order valence-corrected chi connectivity index (χ2v) is 11.3. The van der Waals surface area contributed by atoms with Crippen LogP contribution in [0.3, 0.4) is 0 Å². The Morgan fingerprint density at radius 1 is 0.556 bits per heavy atom. The van der Waals surface area contributed by atoms with Crippen molar-refractivity contribution in [2.75, 3.05) is 0 Å². The van der Waals surface area contributed by atoms with E-state index in [9.17, 15) is 49.5 Å². The SMILES string of the molecule is O=C(NC(Cc1ccc(OC(=O)c2ccc([N+](=O)[O-])cc2)c(OC(=O)c2ccc([N+](=O)[O-])cc2)c1)C(=O)OCc1ccccc1)c1ccc([N+](=O)[O-])cc1. The van der Waals surface area contributed by atoms with E-state index in [1.807, 2.05) is 0 Å². The molecule has 0 radical (unpaired) electrons. The summed E-state index contributed by atoms with van der Waals surface area (Å²) in [5.41, 5.74) is -0.0568. The van der Waals surface area contributed by atoms with E-state index in [0.717, 1.165) is 60.7 Å². The van der Waals surface area contributed by atoms with Crippen molar-refractivity contribution >= 4 is 40.9 Å². The van der Waals surface area contributed by atoms with Gasteiger partial charge in [0.2, 0.25) is 0 Å². The van der Waals surface area contributed by atoms with Crippen molar-refractivity contribution in [2.45, 2.75) is 19.1 Å². The van der Waals surface area contributed by atoms with Crippen LogP contribution in [0.1, 0.15) is 42.2 Å². The van der Waals surface area contributed by atoms with E-state index < -0.39 is 44.6 Å². The van der Waals surface area contributed by atoms with Gasteiger partial charge in [0, 0.05) is 48.4 Å². The van der Waals surface area contributed by atoms with Gasteiger partial charge in [0.25, 0.3) is 23.0 Å². The summed E-state index contributed by atoms with van der Waals surface area (Å²) in [6, 6.07) is 24.9. The number of benzene rings is 5. The number of nitro groups is 3. The summed E-state index contributed by atoms with van der Waals surface area (Å²) >= 11 is 0. The highest BCUT2D eigenvalue weighted by Gasteiger charge is 2.26.